The Morgan fingerprint density at radius 1 is 0.902 bits per heavy atom. The van der Waals surface area contributed by atoms with E-state index in [0.717, 1.165) is 32.1 Å². The number of hydrogen-bond acceptors (Lipinski definition) is 9. The maximum Gasteiger partial charge on any atom is 0.407 e. The van der Waals surface area contributed by atoms with Crippen molar-refractivity contribution < 1.29 is 43.3 Å². The molecule has 3 heterocycles. The van der Waals surface area contributed by atoms with Crippen LogP contribution in [0, 0.1) is 5.92 Å². The van der Waals surface area contributed by atoms with Crippen molar-refractivity contribution in [2.24, 2.45) is 5.92 Å². The Kier molecular flexibility index (Phi) is 11.4. The first-order valence-corrected chi connectivity index (χ1v) is 17.8. The molecule has 274 valence electrons. The monoisotopic (exact) mass is 707 g/mol. The fraction of sp³-hybridized carbons (Fsp3) is 0.571. The lowest BCUT2D eigenvalue weighted by molar-refractivity contribution is -0.144. The van der Waals surface area contributed by atoms with E-state index in [2.05, 4.69) is 15.7 Å². The second kappa shape index (κ2) is 16.2. The molecule has 2 aliphatic carbocycles. The first kappa shape index (κ1) is 35.7. The Hall–Kier alpha value is -5.15. The summed E-state index contributed by atoms with van der Waals surface area (Å²) >= 11 is 0. The van der Waals surface area contributed by atoms with Gasteiger partial charge in [-0.3, -0.25) is 24.0 Å². The molecule has 4 fully saturated rings. The van der Waals surface area contributed by atoms with Crippen molar-refractivity contribution in [3.05, 3.63) is 42.1 Å². The number of esters is 1. The molecule has 0 radical (unpaired) electrons. The summed E-state index contributed by atoms with van der Waals surface area (Å²) in [6.45, 7) is 0.890. The van der Waals surface area contributed by atoms with Crippen molar-refractivity contribution in [3.8, 4) is 11.6 Å². The van der Waals surface area contributed by atoms with Gasteiger partial charge in [0, 0.05) is 51.3 Å². The number of ether oxygens (including phenoxy) is 2. The lowest BCUT2D eigenvalue weighted by Gasteiger charge is -2.35. The van der Waals surface area contributed by atoms with E-state index >= 15 is 0 Å². The largest absolute Gasteiger partial charge is 0.467 e. The number of benzene rings is 1. The quantitative estimate of drug-likeness (QED) is 0.243. The van der Waals surface area contributed by atoms with Crippen LogP contribution in [0.5, 0.6) is 5.88 Å². The average Bonchev–Trinajstić information content (AvgIpc) is 3.64. The van der Waals surface area contributed by atoms with Crippen LogP contribution in [0.4, 0.5) is 4.79 Å². The molecule has 16 nitrogen and oxygen atoms in total. The second-order valence-electron chi connectivity index (χ2n) is 13.6. The Balaban J connectivity index is 1.14. The molecule has 2 aliphatic heterocycles. The normalized spacial score (nSPS) is 19.5. The topological polar surface area (TPSA) is 193 Å². The number of carbonyl (C=O) groups is 6. The highest BCUT2D eigenvalue weighted by Crippen LogP contribution is 2.29. The number of nitrogens with one attached hydrogen (secondary N) is 2. The standard InChI is InChI=1S/C35H45N7O9/c43-29(41-15-5-10-28(41)33(46)36-24-6-4-7-24)22-50-30-20-27(38-42(30)25-8-2-1-3-9-25)32(45)37-26(13-14-31(44)51-21-23-11-12-23)34(47)39-16-18-40(19-17-39)35(48)49/h1-3,8-9,20,23-24,26,28H,4-7,10-19,21-22H2,(H,36,46)(H,37,45)(H,48,49)/t26-,28-/m0/s1. The Morgan fingerprint density at radius 3 is 2.29 bits per heavy atom. The van der Waals surface area contributed by atoms with Crippen molar-refractivity contribution in [1.29, 1.82) is 0 Å². The molecule has 2 atom stereocenters. The van der Waals surface area contributed by atoms with Gasteiger partial charge < -0.3 is 39.9 Å². The number of hydrogen-bond donors (Lipinski definition) is 3. The van der Waals surface area contributed by atoms with Crippen LogP contribution in [0.15, 0.2) is 36.4 Å². The van der Waals surface area contributed by atoms with Crippen LogP contribution in [-0.4, -0.2) is 129 Å². The SMILES string of the molecule is O=C(CC[C@H](NC(=O)c1cc(OCC(=O)N2CCC[C@H]2C(=O)NC2CCC2)n(-c2ccccc2)n1)C(=O)N1CCN(C(=O)O)CC1)OCC1CC1. The minimum atomic E-state index is -1.12. The zero-order valence-corrected chi connectivity index (χ0v) is 28.5. The molecule has 1 aromatic carbocycles. The summed E-state index contributed by atoms with van der Waals surface area (Å²) in [5.41, 5.74) is 0.463. The van der Waals surface area contributed by atoms with E-state index in [4.69, 9.17) is 9.47 Å². The van der Waals surface area contributed by atoms with E-state index in [1.807, 2.05) is 6.07 Å². The van der Waals surface area contributed by atoms with Gasteiger partial charge in [-0.1, -0.05) is 18.2 Å². The molecule has 5 amide bonds. The number of likely N-dealkylation sites (tertiary alicyclic amines) is 1. The third kappa shape index (κ3) is 9.15. The molecular weight excluding hydrogens is 662 g/mol. The zero-order valence-electron chi connectivity index (χ0n) is 28.5. The van der Waals surface area contributed by atoms with Gasteiger partial charge in [0.05, 0.1) is 12.3 Å². The van der Waals surface area contributed by atoms with Crippen molar-refractivity contribution in [2.45, 2.75) is 75.9 Å². The maximum absolute atomic E-state index is 13.7. The van der Waals surface area contributed by atoms with Crippen LogP contribution in [0.3, 0.4) is 0 Å². The minimum Gasteiger partial charge on any atom is -0.467 e. The number of carbonyl (C=O) groups excluding carboxylic acids is 5. The number of carboxylic acid groups (broad SMARTS) is 1. The highest BCUT2D eigenvalue weighted by atomic mass is 16.5. The number of piperazine rings is 1. The summed E-state index contributed by atoms with van der Waals surface area (Å²) in [6, 6.07) is 8.73. The van der Waals surface area contributed by atoms with Gasteiger partial charge >= 0.3 is 12.1 Å². The lowest BCUT2D eigenvalue weighted by Crippen LogP contribution is -2.55. The predicted molar refractivity (Wildman–Crippen MR) is 180 cm³/mol. The summed E-state index contributed by atoms with van der Waals surface area (Å²) in [6.07, 6.45) is 5.06. The molecule has 4 aliphatic rings. The van der Waals surface area contributed by atoms with Gasteiger partial charge in [0.25, 0.3) is 11.8 Å². The van der Waals surface area contributed by atoms with Gasteiger partial charge in [0.15, 0.2) is 12.3 Å². The smallest absolute Gasteiger partial charge is 0.407 e. The predicted octanol–water partition coefficient (Wildman–Crippen LogP) is 1.56. The first-order chi connectivity index (χ1) is 24.7. The average molecular weight is 708 g/mol. The van der Waals surface area contributed by atoms with Crippen molar-refractivity contribution in [2.75, 3.05) is 45.9 Å². The summed E-state index contributed by atoms with van der Waals surface area (Å²) in [5, 5.41) is 19.5. The van der Waals surface area contributed by atoms with Crippen molar-refractivity contribution >= 4 is 35.7 Å². The molecule has 16 heteroatoms. The van der Waals surface area contributed by atoms with Crippen LogP contribution in [0.1, 0.15) is 68.3 Å². The molecule has 0 spiro atoms. The Labute approximate surface area is 295 Å². The third-order valence-electron chi connectivity index (χ3n) is 9.86. The van der Waals surface area contributed by atoms with E-state index in [0.29, 0.717) is 37.6 Å². The number of aromatic nitrogens is 2. The second-order valence-corrected chi connectivity index (χ2v) is 13.6. The Bertz CT molecular complexity index is 1600. The molecule has 3 N–H and O–H groups in total. The van der Waals surface area contributed by atoms with E-state index in [-0.39, 0.29) is 75.1 Å². The van der Waals surface area contributed by atoms with E-state index < -0.39 is 36.0 Å². The number of para-hydroxylation sites is 1. The van der Waals surface area contributed by atoms with Crippen LogP contribution >= 0.6 is 0 Å². The van der Waals surface area contributed by atoms with Gasteiger partial charge in [-0.15, -0.1) is 0 Å². The summed E-state index contributed by atoms with van der Waals surface area (Å²) in [4.78, 5) is 81.7. The highest BCUT2D eigenvalue weighted by molar-refractivity contribution is 5.96. The highest BCUT2D eigenvalue weighted by Gasteiger charge is 2.36. The van der Waals surface area contributed by atoms with Gasteiger partial charge in [-0.25, -0.2) is 9.48 Å². The number of rotatable bonds is 14. The summed E-state index contributed by atoms with van der Waals surface area (Å²) in [7, 11) is 0. The number of amides is 5. The molecule has 0 unspecified atom stereocenters. The van der Waals surface area contributed by atoms with Gasteiger partial charge in [-0.2, -0.15) is 5.10 Å². The van der Waals surface area contributed by atoms with E-state index in [1.54, 1.807) is 24.3 Å². The van der Waals surface area contributed by atoms with Crippen LogP contribution in [0.25, 0.3) is 5.69 Å². The van der Waals surface area contributed by atoms with Crippen LogP contribution in [0.2, 0.25) is 0 Å². The minimum absolute atomic E-state index is 0.0319. The van der Waals surface area contributed by atoms with E-state index in [1.165, 1.54) is 25.4 Å². The fourth-order valence-corrected chi connectivity index (χ4v) is 6.40. The Morgan fingerprint density at radius 2 is 1.63 bits per heavy atom. The molecule has 2 saturated heterocycles. The molecule has 2 saturated carbocycles. The van der Waals surface area contributed by atoms with Crippen molar-refractivity contribution in [3.63, 3.8) is 0 Å². The zero-order chi connectivity index (χ0) is 35.9. The number of nitrogens with zero attached hydrogens (tertiary/aromatic N) is 5. The van der Waals surface area contributed by atoms with Crippen LogP contribution < -0.4 is 15.4 Å². The molecule has 51 heavy (non-hydrogen) atoms. The third-order valence-corrected chi connectivity index (χ3v) is 9.86. The van der Waals surface area contributed by atoms with Gasteiger partial charge in [0.2, 0.25) is 17.7 Å². The molecule has 2 aromatic rings. The molecule has 6 rings (SSSR count). The summed E-state index contributed by atoms with van der Waals surface area (Å²) < 4.78 is 12.7. The molecular formula is C35H45N7O9. The summed E-state index contributed by atoms with van der Waals surface area (Å²) in [5.74, 6) is -1.67. The van der Waals surface area contributed by atoms with Crippen molar-refractivity contribution in [1.82, 2.24) is 35.1 Å². The van der Waals surface area contributed by atoms with Gasteiger partial charge in [-0.05, 0) is 69.4 Å². The lowest BCUT2D eigenvalue weighted by atomic mass is 9.93. The fourth-order valence-electron chi connectivity index (χ4n) is 6.40. The van der Waals surface area contributed by atoms with Crippen LogP contribution in [-0.2, 0) is 23.9 Å². The maximum atomic E-state index is 13.7. The van der Waals surface area contributed by atoms with Gasteiger partial charge in [0.1, 0.15) is 12.1 Å². The first-order valence-electron chi connectivity index (χ1n) is 17.8. The molecule has 1 aromatic heterocycles. The van der Waals surface area contributed by atoms with E-state index in [9.17, 15) is 33.9 Å². The molecule has 0 bridgehead atoms.